The molecule has 0 saturated carbocycles. The molecule has 1 aromatic carbocycles. The normalized spacial score (nSPS) is 18.9. The van der Waals surface area contributed by atoms with E-state index < -0.39 is 0 Å². The van der Waals surface area contributed by atoms with E-state index in [1.165, 1.54) is 0 Å². The number of anilines is 1. The van der Waals surface area contributed by atoms with Gasteiger partial charge >= 0.3 is 0 Å². The highest BCUT2D eigenvalue weighted by Crippen LogP contribution is 2.25. The zero-order valence-electron chi connectivity index (χ0n) is 11.6. The first-order valence-electron chi connectivity index (χ1n) is 7.11. The molecule has 1 atom stereocenters. The summed E-state index contributed by atoms with van der Waals surface area (Å²) >= 11 is 0. The highest BCUT2D eigenvalue weighted by atomic mass is 16.1. The Bertz CT molecular complexity index is 633. The number of carbonyl (C=O) groups is 1. The first kappa shape index (κ1) is 13.1. The minimum absolute atomic E-state index is 0.0665. The van der Waals surface area contributed by atoms with Crippen LogP contribution < -0.4 is 10.6 Å². The fourth-order valence-corrected chi connectivity index (χ4v) is 2.73. The van der Waals surface area contributed by atoms with Gasteiger partial charge < -0.3 is 10.6 Å². The molecule has 0 radical (unpaired) electrons. The third-order valence-electron chi connectivity index (χ3n) is 3.90. The molecule has 1 unspecified atom stereocenters. The third-order valence-corrected chi connectivity index (χ3v) is 3.90. The van der Waals surface area contributed by atoms with Crippen LogP contribution in [-0.4, -0.2) is 24.0 Å². The molecule has 2 heterocycles. The quantitative estimate of drug-likeness (QED) is 0.880. The predicted molar refractivity (Wildman–Crippen MR) is 80.7 cm³/mol. The summed E-state index contributed by atoms with van der Waals surface area (Å²) in [6.45, 7) is 3.82. The van der Waals surface area contributed by atoms with Gasteiger partial charge in [-0.3, -0.25) is 9.78 Å². The van der Waals surface area contributed by atoms with Gasteiger partial charge in [-0.15, -0.1) is 0 Å². The van der Waals surface area contributed by atoms with E-state index in [-0.39, 0.29) is 11.8 Å². The Morgan fingerprint density at radius 1 is 1.40 bits per heavy atom. The Balaban J connectivity index is 1.87. The average Bonchev–Trinajstić information content (AvgIpc) is 2.51. The van der Waals surface area contributed by atoms with E-state index in [1.807, 2.05) is 31.2 Å². The fraction of sp³-hybridized carbons (Fsp3) is 0.375. The van der Waals surface area contributed by atoms with Gasteiger partial charge in [0.2, 0.25) is 5.91 Å². The van der Waals surface area contributed by atoms with E-state index in [0.29, 0.717) is 0 Å². The Kier molecular flexibility index (Phi) is 3.65. The molecule has 0 spiro atoms. The monoisotopic (exact) mass is 269 g/mol. The molecular formula is C16H19N3O. The van der Waals surface area contributed by atoms with Crippen molar-refractivity contribution in [1.82, 2.24) is 10.3 Å². The van der Waals surface area contributed by atoms with Crippen LogP contribution in [0.4, 0.5) is 5.69 Å². The lowest BCUT2D eigenvalue weighted by Gasteiger charge is -2.22. The third kappa shape index (κ3) is 2.51. The second-order valence-corrected chi connectivity index (χ2v) is 5.36. The number of benzene rings is 1. The number of aromatic nitrogens is 1. The highest BCUT2D eigenvalue weighted by molar-refractivity contribution is 6.02. The van der Waals surface area contributed by atoms with Gasteiger partial charge in [-0.1, -0.05) is 6.07 Å². The number of nitrogens with zero attached hydrogens (tertiary/aromatic N) is 1. The van der Waals surface area contributed by atoms with Gasteiger partial charge in [0, 0.05) is 18.1 Å². The first-order valence-corrected chi connectivity index (χ1v) is 7.11. The van der Waals surface area contributed by atoms with E-state index in [2.05, 4.69) is 15.6 Å². The van der Waals surface area contributed by atoms with Gasteiger partial charge in [-0.25, -0.2) is 0 Å². The summed E-state index contributed by atoms with van der Waals surface area (Å²) in [4.78, 5) is 16.7. The highest BCUT2D eigenvalue weighted by Gasteiger charge is 2.21. The van der Waals surface area contributed by atoms with Crippen LogP contribution in [0.5, 0.6) is 0 Å². The van der Waals surface area contributed by atoms with Gasteiger partial charge in [-0.05, 0) is 50.1 Å². The van der Waals surface area contributed by atoms with Crippen molar-refractivity contribution in [3.05, 3.63) is 36.0 Å². The molecule has 1 amide bonds. The maximum Gasteiger partial charge on any atom is 0.228 e. The Hall–Kier alpha value is -1.94. The van der Waals surface area contributed by atoms with Gasteiger partial charge in [0.05, 0.1) is 17.1 Å². The molecule has 1 aromatic heterocycles. The number of piperidine rings is 1. The van der Waals surface area contributed by atoms with E-state index >= 15 is 0 Å². The number of fused-ring (bicyclic) bond motifs is 1. The molecule has 2 aromatic rings. The minimum atomic E-state index is 0.0665. The van der Waals surface area contributed by atoms with Crippen LogP contribution >= 0.6 is 0 Å². The van der Waals surface area contributed by atoms with Crippen LogP contribution in [0.2, 0.25) is 0 Å². The van der Waals surface area contributed by atoms with Crippen LogP contribution in [0.3, 0.4) is 0 Å². The predicted octanol–water partition coefficient (Wildman–Crippen LogP) is 2.48. The van der Waals surface area contributed by atoms with Crippen LogP contribution in [-0.2, 0) is 4.79 Å². The number of hydrogen-bond donors (Lipinski definition) is 2. The SMILES string of the molecule is Cc1ccc(NC(=O)C2CCCNC2)c2cccnc12. The molecule has 20 heavy (non-hydrogen) atoms. The van der Waals surface area contributed by atoms with Crippen LogP contribution in [0.15, 0.2) is 30.5 Å². The topological polar surface area (TPSA) is 54.0 Å². The van der Waals surface area contributed by atoms with Crippen molar-refractivity contribution < 1.29 is 4.79 Å². The second kappa shape index (κ2) is 5.59. The maximum atomic E-state index is 12.3. The Labute approximate surface area is 118 Å². The lowest BCUT2D eigenvalue weighted by molar-refractivity contribution is -0.120. The van der Waals surface area contributed by atoms with Crippen molar-refractivity contribution in [2.24, 2.45) is 5.92 Å². The zero-order valence-corrected chi connectivity index (χ0v) is 11.6. The molecule has 104 valence electrons. The van der Waals surface area contributed by atoms with Crippen LogP contribution in [0, 0.1) is 12.8 Å². The van der Waals surface area contributed by atoms with Crippen molar-refractivity contribution >= 4 is 22.5 Å². The van der Waals surface area contributed by atoms with Crippen LogP contribution in [0.25, 0.3) is 10.9 Å². The van der Waals surface area contributed by atoms with Crippen LogP contribution in [0.1, 0.15) is 18.4 Å². The zero-order chi connectivity index (χ0) is 13.9. The Morgan fingerprint density at radius 2 is 2.30 bits per heavy atom. The molecule has 1 aliphatic heterocycles. The van der Waals surface area contributed by atoms with Crippen molar-refractivity contribution in [1.29, 1.82) is 0 Å². The molecule has 0 aliphatic carbocycles. The minimum Gasteiger partial charge on any atom is -0.325 e. The average molecular weight is 269 g/mol. The van der Waals surface area contributed by atoms with E-state index in [9.17, 15) is 4.79 Å². The maximum absolute atomic E-state index is 12.3. The molecule has 1 saturated heterocycles. The number of pyridine rings is 1. The van der Waals surface area contributed by atoms with Gasteiger partial charge in [0.15, 0.2) is 0 Å². The smallest absolute Gasteiger partial charge is 0.228 e. The molecule has 2 N–H and O–H groups in total. The number of rotatable bonds is 2. The van der Waals surface area contributed by atoms with E-state index in [1.54, 1.807) is 6.20 Å². The number of hydrogen-bond acceptors (Lipinski definition) is 3. The summed E-state index contributed by atoms with van der Waals surface area (Å²) in [6, 6.07) is 7.88. The van der Waals surface area contributed by atoms with Crippen molar-refractivity contribution in [3.8, 4) is 0 Å². The summed E-state index contributed by atoms with van der Waals surface area (Å²) in [6.07, 6.45) is 3.81. The summed E-state index contributed by atoms with van der Waals surface area (Å²) in [5.74, 6) is 0.169. The summed E-state index contributed by atoms with van der Waals surface area (Å²) in [5.41, 5.74) is 2.93. The molecule has 4 heteroatoms. The summed E-state index contributed by atoms with van der Waals surface area (Å²) in [5, 5.41) is 7.34. The summed E-state index contributed by atoms with van der Waals surface area (Å²) < 4.78 is 0. The standard InChI is InChI=1S/C16H19N3O/c1-11-6-7-14(13-5-3-9-18-15(11)13)19-16(20)12-4-2-8-17-10-12/h3,5-7,9,12,17H,2,4,8,10H2,1H3,(H,19,20). The molecule has 1 fully saturated rings. The van der Waals surface area contributed by atoms with Gasteiger partial charge in [0.1, 0.15) is 0 Å². The first-order chi connectivity index (χ1) is 9.75. The number of aryl methyl sites for hydroxylation is 1. The largest absolute Gasteiger partial charge is 0.325 e. The molecule has 3 rings (SSSR count). The summed E-state index contributed by atoms with van der Waals surface area (Å²) in [7, 11) is 0. The number of carbonyl (C=O) groups excluding carboxylic acids is 1. The lowest BCUT2D eigenvalue weighted by atomic mass is 9.98. The lowest BCUT2D eigenvalue weighted by Crippen LogP contribution is -2.37. The van der Waals surface area contributed by atoms with Crippen molar-refractivity contribution in [2.45, 2.75) is 19.8 Å². The molecule has 1 aliphatic rings. The van der Waals surface area contributed by atoms with Gasteiger partial charge in [-0.2, -0.15) is 0 Å². The number of amides is 1. The fourth-order valence-electron chi connectivity index (χ4n) is 2.73. The molecular weight excluding hydrogens is 250 g/mol. The molecule has 0 bridgehead atoms. The van der Waals surface area contributed by atoms with Gasteiger partial charge in [0.25, 0.3) is 0 Å². The second-order valence-electron chi connectivity index (χ2n) is 5.36. The van der Waals surface area contributed by atoms with Crippen molar-refractivity contribution in [2.75, 3.05) is 18.4 Å². The van der Waals surface area contributed by atoms with E-state index in [4.69, 9.17) is 0 Å². The molecule has 4 nitrogen and oxygen atoms in total. The number of nitrogens with one attached hydrogen (secondary N) is 2. The van der Waals surface area contributed by atoms with E-state index in [0.717, 1.165) is 48.1 Å². The van der Waals surface area contributed by atoms with Crippen molar-refractivity contribution in [3.63, 3.8) is 0 Å². The Morgan fingerprint density at radius 3 is 3.10 bits per heavy atom.